The van der Waals surface area contributed by atoms with Crippen LogP contribution in [0.15, 0.2) is 81.0 Å². The second kappa shape index (κ2) is 10.5. The van der Waals surface area contributed by atoms with Crippen molar-refractivity contribution in [3.05, 3.63) is 92.8 Å². The number of nitro benzene ring substituents is 1. The predicted octanol–water partition coefficient (Wildman–Crippen LogP) is 4.16. The lowest BCUT2D eigenvalue weighted by Gasteiger charge is -2.08. The third kappa shape index (κ3) is 4.90. The zero-order chi connectivity index (χ0) is 27.5. The van der Waals surface area contributed by atoms with E-state index in [2.05, 4.69) is 14.8 Å². The molecule has 5 rings (SSSR count). The molecular weight excluding hydrogens is 508 g/mol. The number of furan rings is 1. The first kappa shape index (κ1) is 25.1. The maximum absolute atomic E-state index is 13.5. The van der Waals surface area contributed by atoms with Gasteiger partial charge in [0.15, 0.2) is 18.1 Å². The molecule has 0 spiro atoms. The maximum Gasteiger partial charge on any atom is 0.343 e. The van der Waals surface area contributed by atoms with Gasteiger partial charge in [-0.25, -0.2) is 9.78 Å². The third-order valence-electron chi connectivity index (χ3n) is 5.79. The van der Waals surface area contributed by atoms with Crippen LogP contribution in [0.2, 0.25) is 0 Å². The molecule has 5 aromatic rings. The summed E-state index contributed by atoms with van der Waals surface area (Å²) in [5.41, 5.74) is 0.409. The number of hydrogen-bond acceptors (Lipinski definition) is 10. The number of aromatic nitrogens is 2. The Morgan fingerprint density at radius 2 is 1.90 bits per heavy atom. The molecule has 0 N–H and O–H groups in total. The highest BCUT2D eigenvalue weighted by Crippen LogP contribution is 2.33. The van der Waals surface area contributed by atoms with E-state index >= 15 is 0 Å². The summed E-state index contributed by atoms with van der Waals surface area (Å²) in [6, 6.07) is 17.9. The number of fused-ring (bicyclic) bond motifs is 2. The van der Waals surface area contributed by atoms with Crippen molar-refractivity contribution in [2.75, 3.05) is 20.8 Å². The van der Waals surface area contributed by atoms with Crippen molar-refractivity contribution in [3.8, 4) is 23.1 Å². The molecule has 0 aliphatic carbocycles. The van der Waals surface area contributed by atoms with Crippen molar-refractivity contribution in [2.45, 2.75) is 0 Å². The minimum Gasteiger partial charge on any atom is -0.496 e. The molecule has 0 bridgehead atoms. The quantitative estimate of drug-likeness (QED) is 0.125. The van der Waals surface area contributed by atoms with Gasteiger partial charge in [-0.2, -0.15) is 9.78 Å². The Bertz CT molecular complexity index is 1820. The first-order valence-corrected chi connectivity index (χ1v) is 11.5. The summed E-state index contributed by atoms with van der Waals surface area (Å²) in [5.74, 6) is 0.174. The van der Waals surface area contributed by atoms with Gasteiger partial charge < -0.3 is 18.6 Å². The minimum absolute atomic E-state index is 0.121. The number of methoxy groups -OCH3 is 2. The van der Waals surface area contributed by atoms with E-state index < -0.39 is 28.7 Å². The van der Waals surface area contributed by atoms with Gasteiger partial charge in [0.1, 0.15) is 11.3 Å². The Morgan fingerprint density at radius 3 is 2.67 bits per heavy atom. The summed E-state index contributed by atoms with van der Waals surface area (Å²) in [6.45, 7) is -0.491. The van der Waals surface area contributed by atoms with Crippen LogP contribution in [0.3, 0.4) is 0 Å². The molecule has 2 aromatic heterocycles. The van der Waals surface area contributed by atoms with Gasteiger partial charge in [-0.3, -0.25) is 14.9 Å². The molecule has 0 amide bonds. The van der Waals surface area contributed by atoms with Crippen LogP contribution in [-0.2, 0) is 9.53 Å². The summed E-state index contributed by atoms with van der Waals surface area (Å²) in [6.07, 6.45) is 1.28. The topological polar surface area (TPSA) is 148 Å². The van der Waals surface area contributed by atoms with Crippen LogP contribution in [0, 0.1) is 10.1 Å². The Kier molecular flexibility index (Phi) is 6.74. The standard InChI is InChI=1S/C27H20N4O8/c1-36-21-8-5-9-22-18(21)13-24(39-22)26-29-19-7-4-3-6-17(19)27(33)30(26)28-14-16-10-11-23(20(12-16)31(34)35)38-15-25(32)37-2/h3-14H,15H2,1-2H3. The second-order valence-electron chi connectivity index (χ2n) is 8.15. The fraction of sp³-hybridized carbons (Fsp3) is 0.111. The average molecular weight is 528 g/mol. The molecule has 196 valence electrons. The van der Waals surface area contributed by atoms with Crippen molar-refractivity contribution in [1.29, 1.82) is 0 Å². The van der Waals surface area contributed by atoms with Crippen molar-refractivity contribution >= 4 is 39.7 Å². The van der Waals surface area contributed by atoms with E-state index in [-0.39, 0.29) is 17.3 Å². The lowest BCUT2D eigenvalue weighted by atomic mass is 10.2. The predicted molar refractivity (Wildman–Crippen MR) is 141 cm³/mol. The van der Waals surface area contributed by atoms with Gasteiger partial charge in [-0.05, 0) is 42.5 Å². The highest BCUT2D eigenvalue weighted by Gasteiger charge is 2.19. The lowest BCUT2D eigenvalue weighted by molar-refractivity contribution is -0.385. The first-order chi connectivity index (χ1) is 18.9. The molecule has 0 aliphatic heterocycles. The van der Waals surface area contributed by atoms with Crippen LogP contribution < -0.4 is 15.0 Å². The van der Waals surface area contributed by atoms with E-state index in [0.29, 0.717) is 33.2 Å². The fourth-order valence-corrected chi connectivity index (χ4v) is 3.91. The molecular formula is C27H20N4O8. The van der Waals surface area contributed by atoms with Crippen molar-refractivity contribution < 1.29 is 28.3 Å². The second-order valence-corrected chi connectivity index (χ2v) is 8.15. The SMILES string of the molecule is COC(=O)COc1ccc(C=Nn2c(-c3cc4c(OC)cccc4o3)nc3ccccc3c2=O)cc1[N+](=O)[O-]. The number of benzene rings is 3. The van der Waals surface area contributed by atoms with Crippen LogP contribution in [-0.4, -0.2) is 47.6 Å². The Morgan fingerprint density at radius 1 is 1.08 bits per heavy atom. The summed E-state index contributed by atoms with van der Waals surface area (Å²) in [7, 11) is 2.72. The molecule has 0 aliphatic rings. The molecule has 0 fully saturated rings. The molecule has 0 saturated heterocycles. The molecule has 12 nitrogen and oxygen atoms in total. The first-order valence-electron chi connectivity index (χ1n) is 11.5. The van der Waals surface area contributed by atoms with Gasteiger partial charge in [0.05, 0.1) is 41.6 Å². The molecule has 12 heteroatoms. The molecule has 2 heterocycles. The zero-order valence-electron chi connectivity index (χ0n) is 20.7. The monoisotopic (exact) mass is 528 g/mol. The van der Waals surface area contributed by atoms with Gasteiger partial charge in [-0.15, -0.1) is 0 Å². The van der Waals surface area contributed by atoms with E-state index in [0.717, 1.165) is 4.68 Å². The van der Waals surface area contributed by atoms with Crippen molar-refractivity contribution in [3.63, 3.8) is 0 Å². The average Bonchev–Trinajstić information content (AvgIpc) is 3.40. The van der Waals surface area contributed by atoms with Gasteiger partial charge in [-0.1, -0.05) is 18.2 Å². The summed E-state index contributed by atoms with van der Waals surface area (Å²) in [5, 5.41) is 16.9. The van der Waals surface area contributed by atoms with Gasteiger partial charge in [0.25, 0.3) is 5.56 Å². The highest BCUT2D eigenvalue weighted by atomic mass is 16.6. The normalized spacial score (nSPS) is 11.2. The van der Waals surface area contributed by atoms with Crippen LogP contribution in [0.5, 0.6) is 11.5 Å². The molecule has 0 saturated carbocycles. The summed E-state index contributed by atoms with van der Waals surface area (Å²) >= 11 is 0. The number of rotatable bonds is 8. The Labute approximate surface area is 219 Å². The van der Waals surface area contributed by atoms with Crippen molar-refractivity contribution in [2.24, 2.45) is 5.10 Å². The van der Waals surface area contributed by atoms with Gasteiger partial charge in [0.2, 0.25) is 5.82 Å². The summed E-state index contributed by atoms with van der Waals surface area (Å²) in [4.78, 5) is 40.4. The van der Waals surface area contributed by atoms with Crippen LogP contribution in [0.1, 0.15) is 5.56 Å². The molecule has 39 heavy (non-hydrogen) atoms. The number of nitro groups is 1. The third-order valence-corrected chi connectivity index (χ3v) is 5.79. The number of para-hydroxylation sites is 1. The largest absolute Gasteiger partial charge is 0.496 e. The van der Waals surface area contributed by atoms with E-state index in [4.69, 9.17) is 13.9 Å². The number of carbonyl (C=O) groups excluding carboxylic acids is 1. The number of esters is 1. The van der Waals surface area contributed by atoms with Crippen molar-refractivity contribution in [1.82, 2.24) is 9.66 Å². The number of nitrogens with zero attached hydrogens (tertiary/aromatic N) is 4. The van der Waals surface area contributed by atoms with E-state index in [1.165, 1.54) is 31.5 Å². The van der Waals surface area contributed by atoms with E-state index in [1.807, 2.05) is 0 Å². The molecule has 0 unspecified atom stereocenters. The van der Waals surface area contributed by atoms with Crippen LogP contribution >= 0.6 is 0 Å². The Balaban J connectivity index is 1.61. The smallest absolute Gasteiger partial charge is 0.343 e. The molecule has 0 atom stereocenters. The molecule has 3 aromatic carbocycles. The number of carbonyl (C=O) groups is 1. The fourth-order valence-electron chi connectivity index (χ4n) is 3.91. The summed E-state index contributed by atoms with van der Waals surface area (Å²) < 4.78 is 22.2. The number of ether oxygens (including phenoxy) is 3. The van der Waals surface area contributed by atoms with Gasteiger partial charge >= 0.3 is 11.7 Å². The van der Waals surface area contributed by atoms with Crippen LogP contribution in [0.4, 0.5) is 5.69 Å². The van der Waals surface area contributed by atoms with E-state index in [1.54, 1.807) is 55.6 Å². The zero-order valence-corrected chi connectivity index (χ0v) is 20.7. The molecule has 0 radical (unpaired) electrons. The minimum atomic E-state index is -0.686. The highest BCUT2D eigenvalue weighted by molar-refractivity contribution is 5.89. The Hall–Kier alpha value is -5.52. The van der Waals surface area contributed by atoms with Gasteiger partial charge in [0, 0.05) is 11.6 Å². The number of hydrogen-bond donors (Lipinski definition) is 0. The van der Waals surface area contributed by atoms with E-state index in [9.17, 15) is 19.7 Å². The van der Waals surface area contributed by atoms with Crippen LogP contribution in [0.25, 0.3) is 33.5 Å². The lowest BCUT2D eigenvalue weighted by Crippen LogP contribution is -2.20. The maximum atomic E-state index is 13.5.